The summed E-state index contributed by atoms with van der Waals surface area (Å²) in [5, 5.41) is 0. The van der Waals surface area contributed by atoms with Crippen molar-refractivity contribution >= 4 is 0 Å². The number of likely N-dealkylation sites (tertiary alicyclic amines) is 2. The first-order chi connectivity index (χ1) is 5.40. The average Bonchev–Trinajstić information content (AvgIpc) is 2.32. The number of hydrogen-bond donors (Lipinski definition) is 0. The molecular weight excluding hydrogens is 136 g/mol. The Labute approximate surface area is 69.2 Å². The van der Waals surface area contributed by atoms with Crippen molar-refractivity contribution in [3.8, 4) is 0 Å². The minimum atomic E-state index is 0.906. The molecule has 2 heterocycles. The number of nitrogens with zero attached hydrogens (tertiary/aromatic N) is 2. The van der Waals surface area contributed by atoms with Crippen molar-refractivity contribution in [1.29, 1.82) is 0 Å². The Kier molecular flexibility index (Phi) is 2.14. The zero-order valence-corrected chi connectivity index (χ0v) is 7.42. The second-order valence-electron chi connectivity index (χ2n) is 3.73. The van der Waals surface area contributed by atoms with Gasteiger partial charge in [-0.25, -0.2) is 0 Å². The normalized spacial score (nSPS) is 34.1. The van der Waals surface area contributed by atoms with Crippen molar-refractivity contribution in [2.45, 2.75) is 25.8 Å². The predicted molar refractivity (Wildman–Crippen MR) is 46.7 cm³/mol. The van der Waals surface area contributed by atoms with Crippen LogP contribution in [0.25, 0.3) is 0 Å². The molecule has 64 valence electrons. The van der Waals surface area contributed by atoms with E-state index < -0.39 is 0 Å². The van der Waals surface area contributed by atoms with Crippen LogP contribution in [0.5, 0.6) is 0 Å². The zero-order chi connectivity index (χ0) is 7.68. The molecule has 2 heteroatoms. The summed E-state index contributed by atoms with van der Waals surface area (Å²) in [6.45, 7) is 8.89. The molecule has 0 spiro atoms. The van der Waals surface area contributed by atoms with Crippen LogP contribution in [-0.2, 0) is 0 Å². The fourth-order valence-corrected chi connectivity index (χ4v) is 2.10. The van der Waals surface area contributed by atoms with Gasteiger partial charge in [0.1, 0.15) is 0 Å². The average molecular weight is 154 g/mol. The molecule has 0 aromatic carbocycles. The maximum Gasteiger partial charge on any atom is 0.0235 e. The van der Waals surface area contributed by atoms with Crippen molar-refractivity contribution in [2.75, 3.05) is 32.7 Å². The van der Waals surface area contributed by atoms with Gasteiger partial charge in [0, 0.05) is 12.6 Å². The van der Waals surface area contributed by atoms with E-state index >= 15 is 0 Å². The highest BCUT2D eigenvalue weighted by atomic mass is 15.3. The van der Waals surface area contributed by atoms with Crippen LogP contribution in [0.1, 0.15) is 19.8 Å². The van der Waals surface area contributed by atoms with Gasteiger partial charge in [0.05, 0.1) is 0 Å². The van der Waals surface area contributed by atoms with Gasteiger partial charge in [-0.1, -0.05) is 6.92 Å². The van der Waals surface area contributed by atoms with Crippen molar-refractivity contribution in [2.24, 2.45) is 0 Å². The van der Waals surface area contributed by atoms with Gasteiger partial charge in [0.15, 0.2) is 0 Å². The van der Waals surface area contributed by atoms with Crippen molar-refractivity contribution in [1.82, 2.24) is 9.80 Å². The lowest BCUT2D eigenvalue weighted by Crippen LogP contribution is -2.46. The fourth-order valence-electron chi connectivity index (χ4n) is 2.10. The summed E-state index contributed by atoms with van der Waals surface area (Å²) in [5.74, 6) is 0. The standard InChI is InChI=1S/C9H18N2/c1-2-10-7-4-9(8-10)11-5-3-6-11/h9H,2-8H2,1H3. The first-order valence-corrected chi connectivity index (χ1v) is 4.86. The van der Waals surface area contributed by atoms with E-state index in [1.54, 1.807) is 0 Å². The Morgan fingerprint density at radius 2 is 2.09 bits per heavy atom. The third-order valence-electron chi connectivity index (χ3n) is 3.10. The number of hydrogen-bond acceptors (Lipinski definition) is 2. The second kappa shape index (κ2) is 3.11. The van der Waals surface area contributed by atoms with Crippen LogP contribution in [0.3, 0.4) is 0 Å². The molecule has 2 fully saturated rings. The van der Waals surface area contributed by atoms with Crippen LogP contribution >= 0.6 is 0 Å². The maximum atomic E-state index is 2.63. The predicted octanol–water partition coefficient (Wildman–Crippen LogP) is 0.786. The van der Waals surface area contributed by atoms with E-state index in [-0.39, 0.29) is 0 Å². The van der Waals surface area contributed by atoms with Crippen LogP contribution in [0.15, 0.2) is 0 Å². The Morgan fingerprint density at radius 1 is 1.27 bits per heavy atom. The van der Waals surface area contributed by atoms with Gasteiger partial charge in [-0.05, 0) is 39.0 Å². The minimum Gasteiger partial charge on any atom is -0.302 e. The summed E-state index contributed by atoms with van der Waals surface area (Å²) < 4.78 is 0. The molecule has 0 aliphatic carbocycles. The Balaban J connectivity index is 1.79. The SMILES string of the molecule is CCN1CCC(N2CCC2)C1. The van der Waals surface area contributed by atoms with Crippen molar-refractivity contribution in [3.63, 3.8) is 0 Å². The van der Waals surface area contributed by atoms with E-state index in [0.717, 1.165) is 6.04 Å². The van der Waals surface area contributed by atoms with Gasteiger partial charge < -0.3 is 4.90 Å². The third-order valence-corrected chi connectivity index (χ3v) is 3.10. The van der Waals surface area contributed by atoms with Crippen molar-refractivity contribution in [3.05, 3.63) is 0 Å². The molecule has 1 unspecified atom stereocenters. The molecule has 0 aromatic heterocycles. The Hall–Kier alpha value is -0.0800. The van der Waals surface area contributed by atoms with Crippen LogP contribution in [0.4, 0.5) is 0 Å². The number of rotatable bonds is 2. The van der Waals surface area contributed by atoms with Gasteiger partial charge in [-0.2, -0.15) is 0 Å². The van der Waals surface area contributed by atoms with E-state index in [4.69, 9.17) is 0 Å². The lowest BCUT2D eigenvalue weighted by molar-refractivity contribution is 0.120. The highest BCUT2D eigenvalue weighted by Crippen LogP contribution is 2.19. The zero-order valence-electron chi connectivity index (χ0n) is 7.42. The topological polar surface area (TPSA) is 6.48 Å². The Morgan fingerprint density at radius 3 is 2.55 bits per heavy atom. The molecule has 0 radical (unpaired) electrons. The smallest absolute Gasteiger partial charge is 0.0235 e. The van der Waals surface area contributed by atoms with Crippen LogP contribution in [0.2, 0.25) is 0 Å². The first kappa shape index (κ1) is 7.56. The summed E-state index contributed by atoms with van der Waals surface area (Å²) in [6.07, 6.45) is 2.84. The van der Waals surface area contributed by atoms with Crippen molar-refractivity contribution < 1.29 is 0 Å². The van der Waals surface area contributed by atoms with E-state index in [9.17, 15) is 0 Å². The molecule has 2 rings (SSSR count). The van der Waals surface area contributed by atoms with Gasteiger partial charge in [0.25, 0.3) is 0 Å². The van der Waals surface area contributed by atoms with Gasteiger partial charge in [-0.15, -0.1) is 0 Å². The summed E-state index contributed by atoms with van der Waals surface area (Å²) in [5.41, 5.74) is 0. The number of likely N-dealkylation sites (N-methyl/N-ethyl adjacent to an activating group) is 1. The molecule has 11 heavy (non-hydrogen) atoms. The monoisotopic (exact) mass is 154 g/mol. The largest absolute Gasteiger partial charge is 0.302 e. The lowest BCUT2D eigenvalue weighted by Gasteiger charge is -2.36. The molecule has 0 bridgehead atoms. The molecule has 2 saturated heterocycles. The highest BCUT2D eigenvalue weighted by molar-refractivity contribution is 4.86. The van der Waals surface area contributed by atoms with E-state index in [0.29, 0.717) is 0 Å². The van der Waals surface area contributed by atoms with Gasteiger partial charge in [-0.3, -0.25) is 4.90 Å². The van der Waals surface area contributed by atoms with E-state index in [1.807, 2.05) is 0 Å². The van der Waals surface area contributed by atoms with Crippen LogP contribution in [0, 0.1) is 0 Å². The molecular formula is C9H18N2. The minimum absolute atomic E-state index is 0.906. The van der Waals surface area contributed by atoms with E-state index in [2.05, 4.69) is 16.7 Å². The summed E-state index contributed by atoms with van der Waals surface area (Å²) in [4.78, 5) is 5.19. The summed E-state index contributed by atoms with van der Waals surface area (Å²) >= 11 is 0. The summed E-state index contributed by atoms with van der Waals surface area (Å²) in [6, 6.07) is 0.906. The van der Waals surface area contributed by atoms with Crippen LogP contribution in [-0.4, -0.2) is 48.6 Å². The Bertz CT molecular complexity index is 132. The first-order valence-electron chi connectivity index (χ1n) is 4.86. The molecule has 2 nitrogen and oxygen atoms in total. The molecule has 0 aromatic rings. The molecule has 0 N–H and O–H groups in total. The third kappa shape index (κ3) is 1.42. The van der Waals surface area contributed by atoms with E-state index in [1.165, 1.54) is 45.6 Å². The highest BCUT2D eigenvalue weighted by Gasteiger charge is 2.29. The summed E-state index contributed by atoms with van der Waals surface area (Å²) in [7, 11) is 0. The van der Waals surface area contributed by atoms with Gasteiger partial charge in [0.2, 0.25) is 0 Å². The fraction of sp³-hybridized carbons (Fsp3) is 1.00. The molecule has 1 atom stereocenters. The molecule has 2 aliphatic rings. The second-order valence-corrected chi connectivity index (χ2v) is 3.73. The maximum absolute atomic E-state index is 2.63. The lowest BCUT2D eigenvalue weighted by atomic mass is 10.1. The molecule has 0 saturated carbocycles. The quantitative estimate of drug-likeness (QED) is 0.580. The molecule has 0 amide bonds. The van der Waals surface area contributed by atoms with Crippen LogP contribution < -0.4 is 0 Å². The van der Waals surface area contributed by atoms with Gasteiger partial charge >= 0.3 is 0 Å². The molecule has 2 aliphatic heterocycles.